The number of ether oxygens (including phenoxy) is 1. The molecule has 7 nitrogen and oxygen atoms in total. The third kappa shape index (κ3) is 3.85. The molecule has 2 aliphatic heterocycles. The monoisotopic (exact) mass is 469 g/mol. The van der Waals surface area contributed by atoms with E-state index in [1.54, 1.807) is 6.07 Å². The zero-order valence-electron chi connectivity index (χ0n) is 20.2. The van der Waals surface area contributed by atoms with Crippen LogP contribution in [0.2, 0.25) is 0 Å². The molecule has 0 unspecified atom stereocenters. The Morgan fingerprint density at radius 3 is 2.79 bits per heavy atom. The Morgan fingerprint density at radius 1 is 1.18 bits per heavy atom. The van der Waals surface area contributed by atoms with Crippen LogP contribution in [-0.4, -0.2) is 90.0 Å². The first kappa shape index (κ1) is 22.8. The summed E-state index contributed by atoms with van der Waals surface area (Å²) in [6, 6.07) is 5.74. The van der Waals surface area contributed by atoms with Crippen LogP contribution in [0, 0.1) is 11.8 Å². The Balaban J connectivity index is 1.18. The third-order valence-electron chi connectivity index (χ3n) is 9.44. The van der Waals surface area contributed by atoms with Gasteiger partial charge in [-0.1, -0.05) is 6.07 Å². The van der Waals surface area contributed by atoms with Crippen molar-refractivity contribution in [2.75, 3.05) is 52.5 Å². The zero-order valence-corrected chi connectivity index (χ0v) is 20.2. The van der Waals surface area contributed by atoms with Gasteiger partial charge in [-0.05, 0) is 87.2 Å². The van der Waals surface area contributed by atoms with E-state index in [1.165, 1.54) is 18.4 Å². The molecule has 4 fully saturated rings. The van der Waals surface area contributed by atoms with Crippen LogP contribution in [-0.2, 0) is 21.4 Å². The number of phenols is 1. The number of morpholine rings is 1. The number of aromatic hydroxyl groups is 1. The minimum atomic E-state index is -0.920. The average Bonchev–Trinajstić information content (AvgIpc) is 3.58. The highest BCUT2D eigenvalue weighted by atomic mass is 16.5. The molecule has 6 rings (SSSR count). The second kappa shape index (κ2) is 8.77. The van der Waals surface area contributed by atoms with Crippen LogP contribution in [0.5, 0.6) is 5.75 Å². The maximum Gasteiger partial charge on any atom is 0.223 e. The molecule has 3 aliphatic carbocycles. The number of amides is 1. The Hall–Kier alpha value is -1.67. The van der Waals surface area contributed by atoms with Crippen molar-refractivity contribution < 1.29 is 19.7 Å². The number of likely N-dealkylation sites (tertiary alicyclic amines) is 1. The maximum absolute atomic E-state index is 13.3. The lowest BCUT2D eigenvalue weighted by atomic mass is 9.56. The van der Waals surface area contributed by atoms with E-state index in [0.717, 1.165) is 76.7 Å². The molecular weight excluding hydrogens is 430 g/mol. The van der Waals surface area contributed by atoms with Gasteiger partial charge in [0, 0.05) is 43.6 Å². The Bertz CT molecular complexity index is 930. The van der Waals surface area contributed by atoms with E-state index < -0.39 is 11.0 Å². The summed E-state index contributed by atoms with van der Waals surface area (Å²) < 4.78 is 5.41. The molecule has 2 heterocycles. The van der Waals surface area contributed by atoms with E-state index in [1.807, 2.05) is 12.1 Å². The van der Waals surface area contributed by atoms with Crippen LogP contribution >= 0.6 is 0 Å². The quantitative estimate of drug-likeness (QED) is 0.527. The number of benzene rings is 1. The number of carbonyl (C=O) groups excluding carboxylic acids is 1. The molecule has 0 spiro atoms. The van der Waals surface area contributed by atoms with Crippen LogP contribution in [0.4, 0.5) is 0 Å². The molecule has 1 amide bonds. The van der Waals surface area contributed by atoms with Gasteiger partial charge in [-0.3, -0.25) is 14.6 Å². The summed E-state index contributed by atoms with van der Waals surface area (Å²) in [5, 5.41) is 25.9. The molecule has 2 bridgehead atoms. The van der Waals surface area contributed by atoms with E-state index in [2.05, 4.69) is 15.1 Å². The third-order valence-corrected chi connectivity index (χ3v) is 9.44. The number of hydrogen-bond acceptors (Lipinski definition) is 6. The summed E-state index contributed by atoms with van der Waals surface area (Å²) in [6.45, 7) is 7.21. The van der Waals surface area contributed by atoms with Crippen LogP contribution in [0.3, 0.4) is 0 Å². The maximum atomic E-state index is 13.3. The molecule has 186 valence electrons. The molecule has 7 heteroatoms. The van der Waals surface area contributed by atoms with Gasteiger partial charge in [-0.25, -0.2) is 0 Å². The number of aliphatic hydroxyl groups is 1. The number of rotatable bonds is 7. The second-order valence-corrected chi connectivity index (χ2v) is 11.5. The van der Waals surface area contributed by atoms with Crippen LogP contribution in [0.1, 0.15) is 49.7 Å². The standard InChI is InChI=1S/C27H39N3O4/c31-22-5-4-20-14-24-27(33)17-21(25(32)28-7-1-8-29-10-12-34-13-11-29)16-26(27,23(20)15-22)6-9-30(24)18-19-2-3-19/h4-5,15,19,21,24,31,33H,1-3,6-14,16-18H2,(H,28,32)/t21-,24+,26+,27+/m0/s1. The van der Waals surface area contributed by atoms with Gasteiger partial charge in [0.25, 0.3) is 0 Å². The number of nitrogens with one attached hydrogen (secondary N) is 1. The zero-order chi connectivity index (χ0) is 23.3. The van der Waals surface area contributed by atoms with E-state index in [-0.39, 0.29) is 23.6 Å². The van der Waals surface area contributed by atoms with Gasteiger partial charge in [0.1, 0.15) is 5.75 Å². The van der Waals surface area contributed by atoms with Gasteiger partial charge in [-0.15, -0.1) is 0 Å². The topological polar surface area (TPSA) is 85.3 Å². The lowest BCUT2D eigenvalue weighted by molar-refractivity contribution is -0.134. The molecule has 1 aromatic carbocycles. The molecule has 0 aromatic heterocycles. The van der Waals surface area contributed by atoms with Gasteiger partial charge in [-0.2, -0.15) is 0 Å². The summed E-state index contributed by atoms with van der Waals surface area (Å²) in [5.74, 6) is 0.917. The molecule has 2 saturated carbocycles. The highest BCUT2D eigenvalue weighted by Gasteiger charge is 2.68. The van der Waals surface area contributed by atoms with Crippen molar-refractivity contribution in [3.63, 3.8) is 0 Å². The van der Waals surface area contributed by atoms with Crippen molar-refractivity contribution in [2.45, 2.75) is 62.0 Å². The minimum Gasteiger partial charge on any atom is -0.508 e. The van der Waals surface area contributed by atoms with Gasteiger partial charge in [0.05, 0.1) is 18.8 Å². The van der Waals surface area contributed by atoms with Crippen molar-refractivity contribution in [1.29, 1.82) is 0 Å². The van der Waals surface area contributed by atoms with Crippen molar-refractivity contribution in [1.82, 2.24) is 15.1 Å². The van der Waals surface area contributed by atoms with Crippen LogP contribution in [0.15, 0.2) is 18.2 Å². The Kier molecular flexibility index (Phi) is 5.87. The number of fused-ring (bicyclic) bond motifs is 1. The molecule has 1 aromatic rings. The lowest BCUT2D eigenvalue weighted by Gasteiger charge is -2.59. The van der Waals surface area contributed by atoms with Crippen LogP contribution < -0.4 is 5.32 Å². The molecule has 5 aliphatic rings. The summed E-state index contributed by atoms with van der Waals surface area (Å²) in [6.07, 6.45) is 6.37. The lowest BCUT2D eigenvalue weighted by Crippen LogP contribution is -2.69. The van der Waals surface area contributed by atoms with E-state index >= 15 is 0 Å². The highest BCUT2D eigenvalue weighted by molar-refractivity contribution is 5.80. The number of carbonyl (C=O) groups is 1. The van der Waals surface area contributed by atoms with E-state index in [9.17, 15) is 15.0 Å². The smallest absolute Gasteiger partial charge is 0.223 e. The van der Waals surface area contributed by atoms with Crippen molar-refractivity contribution >= 4 is 5.91 Å². The first-order chi connectivity index (χ1) is 16.5. The average molecular weight is 470 g/mol. The van der Waals surface area contributed by atoms with E-state index in [4.69, 9.17) is 4.74 Å². The predicted octanol–water partition coefficient (Wildman–Crippen LogP) is 1.65. The number of nitrogens with zero attached hydrogens (tertiary/aromatic N) is 2. The van der Waals surface area contributed by atoms with Crippen molar-refractivity contribution in [2.24, 2.45) is 11.8 Å². The molecule has 2 saturated heterocycles. The second-order valence-electron chi connectivity index (χ2n) is 11.5. The minimum absolute atomic E-state index is 0.0537. The van der Waals surface area contributed by atoms with Crippen LogP contribution in [0.25, 0.3) is 0 Å². The molecule has 3 N–H and O–H groups in total. The van der Waals surface area contributed by atoms with Gasteiger partial charge in [0.2, 0.25) is 5.91 Å². The largest absolute Gasteiger partial charge is 0.508 e. The Morgan fingerprint density at radius 2 is 2.00 bits per heavy atom. The number of hydrogen-bond donors (Lipinski definition) is 3. The Labute approximate surface area is 202 Å². The number of piperidine rings is 1. The molecular formula is C27H39N3O4. The molecule has 0 radical (unpaired) electrons. The van der Waals surface area contributed by atoms with Gasteiger partial charge >= 0.3 is 0 Å². The summed E-state index contributed by atoms with van der Waals surface area (Å²) in [7, 11) is 0. The summed E-state index contributed by atoms with van der Waals surface area (Å²) in [4.78, 5) is 18.2. The van der Waals surface area contributed by atoms with E-state index in [0.29, 0.717) is 19.4 Å². The molecule has 34 heavy (non-hydrogen) atoms. The van der Waals surface area contributed by atoms with Gasteiger partial charge < -0.3 is 20.3 Å². The first-order valence-corrected chi connectivity index (χ1v) is 13.4. The normalized spacial score (nSPS) is 35.6. The SMILES string of the molecule is O=C(NCCCN1CCOCC1)[C@H]1C[C@]23CCN(CC4CC4)[C@H](Cc4ccc(O)cc42)[C@]3(O)C1. The van der Waals surface area contributed by atoms with Crippen molar-refractivity contribution in [3.8, 4) is 5.75 Å². The van der Waals surface area contributed by atoms with Gasteiger partial charge in [0.15, 0.2) is 0 Å². The first-order valence-electron chi connectivity index (χ1n) is 13.4. The van der Waals surface area contributed by atoms with Crippen molar-refractivity contribution in [3.05, 3.63) is 29.3 Å². The fraction of sp³-hybridized carbons (Fsp3) is 0.741. The molecule has 4 atom stereocenters. The fourth-order valence-corrected chi connectivity index (χ4v) is 7.50. The summed E-state index contributed by atoms with van der Waals surface area (Å²) >= 11 is 0. The summed E-state index contributed by atoms with van der Waals surface area (Å²) in [5.41, 5.74) is 0.954. The number of phenolic OH excluding ortho intramolecular Hbond substituents is 1. The predicted molar refractivity (Wildman–Crippen MR) is 129 cm³/mol. The fourth-order valence-electron chi connectivity index (χ4n) is 7.50. The highest BCUT2D eigenvalue weighted by Crippen LogP contribution is 2.62.